The molecule has 0 saturated carbocycles. The highest BCUT2D eigenvalue weighted by Gasteiger charge is 2.39. The van der Waals surface area contributed by atoms with Crippen molar-refractivity contribution < 1.29 is 13.2 Å². The molecule has 0 spiro atoms. The van der Waals surface area contributed by atoms with Gasteiger partial charge in [-0.15, -0.1) is 0 Å². The van der Waals surface area contributed by atoms with Gasteiger partial charge >= 0.3 is 0 Å². The van der Waals surface area contributed by atoms with Crippen LogP contribution < -0.4 is 4.80 Å². The van der Waals surface area contributed by atoms with Crippen molar-refractivity contribution in [3.8, 4) is 0 Å². The maximum Gasteiger partial charge on any atom is 0.266 e. The van der Waals surface area contributed by atoms with Crippen molar-refractivity contribution in [2.45, 2.75) is 37.6 Å². The number of thiazole rings is 1. The molecule has 1 aliphatic rings. The van der Waals surface area contributed by atoms with Crippen LogP contribution in [-0.4, -0.2) is 35.8 Å². The maximum atomic E-state index is 13.1. The summed E-state index contributed by atoms with van der Waals surface area (Å²) in [6.07, 6.45) is 1.09. The van der Waals surface area contributed by atoms with E-state index in [2.05, 4.69) is 4.99 Å². The number of carbonyl (C=O) groups is 1. The summed E-state index contributed by atoms with van der Waals surface area (Å²) in [7, 11) is -1.91. The molecule has 1 aromatic heterocycles. The molecule has 1 fully saturated rings. The van der Waals surface area contributed by atoms with Gasteiger partial charge in [-0.25, -0.2) is 8.42 Å². The predicted octanol–water partition coefficient (Wildman–Crippen LogP) is 3.79. The highest BCUT2D eigenvalue weighted by molar-refractivity contribution is 7.89. The zero-order chi connectivity index (χ0) is 21.6. The highest BCUT2D eigenvalue weighted by Crippen LogP contribution is 2.28. The lowest BCUT2D eigenvalue weighted by molar-refractivity contribution is -0.121. The standard InChI is InChI=1S/C21H22ClN3O3S2/c1-13-6-8-16(9-7-13)30(27,28)25-10-4-5-17(25)20(26)23-21-24(3)19-14(2)11-15(22)12-18(19)29-21/h6-9,11-12,17H,4-5,10H2,1-3H3. The van der Waals surface area contributed by atoms with Crippen molar-refractivity contribution >= 4 is 49.1 Å². The lowest BCUT2D eigenvalue weighted by Crippen LogP contribution is -2.40. The molecule has 9 heteroatoms. The quantitative estimate of drug-likeness (QED) is 0.593. The van der Waals surface area contributed by atoms with Crippen LogP contribution in [0.1, 0.15) is 24.0 Å². The van der Waals surface area contributed by atoms with Gasteiger partial charge in [0.2, 0.25) is 10.0 Å². The molecule has 3 aromatic rings. The Morgan fingerprint density at radius 1 is 1.20 bits per heavy atom. The van der Waals surface area contributed by atoms with Gasteiger partial charge in [-0.2, -0.15) is 9.30 Å². The minimum absolute atomic E-state index is 0.200. The molecule has 0 bridgehead atoms. The van der Waals surface area contributed by atoms with E-state index < -0.39 is 22.0 Å². The van der Waals surface area contributed by atoms with Gasteiger partial charge < -0.3 is 4.57 Å². The number of hydrogen-bond donors (Lipinski definition) is 0. The lowest BCUT2D eigenvalue weighted by Gasteiger charge is -2.21. The van der Waals surface area contributed by atoms with Crippen LogP contribution in [0, 0.1) is 13.8 Å². The van der Waals surface area contributed by atoms with Crippen molar-refractivity contribution in [3.63, 3.8) is 0 Å². The number of aromatic nitrogens is 1. The molecule has 1 amide bonds. The second-order valence-corrected chi connectivity index (χ2v) is 10.9. The topological polar surface area (TPSA) is 71.7 Å². The third-order valence-electron chi connectivity index (χ3n) is 5.38. The largest absolute Gasteiger partial charge is 0.319 e. The Bertz CT molecular complexity index is 1310. The molecule has 4 rings (SSSR count). The molecular weight excluding hydrogens is 442 g/mol. The van der Waals surface area contributed by atoms with E-state index in [9.17, 15) is 13.2 Å². The molecule has 158 valence electrons. The molecule has 1 atom stereocenters. The zero-order valence-corrected chi connectivity index (χ0v) is 19.3. The number of hydrogen-bond acceptors (Lipinski definition) is 4. The Morgan fingerprint density at radius 2 is 1.90 bits per heavy atom. The van der Waals surface area contributed by atoms with Gasteiger partial charge in [0, 0.05) is 18.6 Å². The van der Waals surface area contributed by atoms with E-state index in [0.29, 0.717) is 29.2 Å². The Morgan fingerprint density at radius 3 is 2.60 bits per heavy atom. The van der Waals surface area contributed by atoms with Crippen LogP contribution in [0.3, 0.4) is 0 Å². The highest BCUT2D eigenvalue weighted by atomic mass is 35.5. The Labute approximate surface area is 184 Å². The summed E-state index contributed by atoms with van der Waals surface area (Å²) in [4.78, 5) is 18.1. The number of fused-ring (bicyclic) bond motifs is 1. The second-order valence-electron chi connectivity index (χ2n) is 7.55. The van der Waals surface area contributed by atoms with Crippen LogP contribution >= 0.6 is 22.9 Å². The van der Waals surface area contributed by atoms with Gasteiger partial charge in [0.05, 0.1) is 15.1 Å². The van der Waals surface area contributed by atoms with Crippen LogP contribution in [0.5, 0.6) is 0 Å². The monoisotopic (exact) mass is 463 g/mol. The smallest absolute Gasteiger partial charge is 0.266 e. The summed E-state index contributed by atoms with van der Waals surface area (Å²) >= 11 is 7.53. The lowest BCUT2D eigenvalue weighted by atomic mass is 10.2. The van der Waals surface area contributed by atoms with Crippen molar-refractivity contribution in [1.82, 2.24) is 8.87 Å². The number of aryl methyl sites for hydroxylation is 3. The fourth-order valence-corrected chi connectivity index (χ4v) is 6.99. The van der Waals surface area contributed by atoms with Gasteiger partial charge in [-0.1, -0.05) is 40.6 Å². The fraction of sp³-hybridized carbons (Fsp3) is 0.333. The van der Waals surface area contributed by atoms with Crippen LogP contribution in [0.4, 0.5) is 0 Å². The Kier molecular flexibility index (Phi) is 5.61. The summed E-state index contributed by atoms with van der Waals surface area (Å²) in [6.45, 7) is 4.17. The summed E-state index contributed by atoms with van der Waals surface area (Å²) in [5.74, 6) is -0.436. The Hall–Kier alpha value is -2.00. The Balaban J connectivity index is 1.71. The molecule has 2 heterocycles. The third-order valence-corrected chi connectivity index (χ3v) is 8.60. The molecule has 30 heavy (non-hydrogen) atoms. The van der Waals surface area contributed by atoms with E-state index in [1.807, 2.05) is 37.6 Å². The van der Waals surface area contributed by atoms with Crippen molar-refractivity contribution in [2.24, 2.45) is 12.0 Å². The van der Waals surface area contributed by atoms with Crippen molar-refractivity contribution in [1.29, 1.82) is 0 Å². The minimum atomic E-state index is -3.76. The molecule has 1 aliphatic heterocycles. The number of carbonyl (C=O) groups excluding carboxylic acids is 1. The van der Waals surface area contributed by atoms with Crippen LogP contribution in [-0.2, 0) is 21.9 Å². The van der Waals surface area contributed by atoms with Gasteiger partial charge in [-0.3, -0.25) is 4.79 Å². The number of nitrogens with zero attached hydrogens (tertiary/aromatic N) is 3. The molecule has 0 N–H and O–H groups in total. The van der Waals surface area contributed by atoms with Crippen LogP contribution in [0.25, 0.3) is 10.2 Å². The maximum absolute atomic E-state index is 13.1. The fourth-order valence-electron chi connectivity index (χ4n) is 3.86. The second kappa shape index (κ2) is 7.92. The first-order chi connectivity index (χ1) is 14.2. The molecule has 0 radical (unpaired) electrons. The number of benzene rings is 2. The van der Waals surface area contributed by atoms with E-state index >= 15 is 0 Å². The minimum Gasteiger partial charge on any atom is -0.319 e. The molecule has 2 aromatic carbocycles. The first kappa shape index (κ1) is 21.2. The van der Waals surface area contributed by atoms with Gasteiger partial charge in [0.25, 0.3) is 5.91 Å². The van der Waals surface area contributed by atoms with E-state index in [-0.39, 0.29) is 4.90 Å². The summed E-state index contributed by atoms with van der Waals surface area (Å²) in [6, 6.07) is 9.62. The van der Waals surface area contributed by atoms with E-state index in [1.165, 1.54) is 15.6 Å². The SMILES string of the molecule is Cc1ccc(S(=O)(=O)N2CCCC2C(=O)N=c2sc3cc(Cl)cc(C)c3n2C)cc1. The summed E-state index contributed by atoms with van der Waals surface area (Å²) < 4.78 is 30.3. The van der Waals surface area contributed by atoms with Crippen molar-refractivity contribution in [3.05, 3.63) is 57.3 Å². The molecule has 1 unspecified atom stereocenters. The summed E-state index contributed by atoms with van der Waals surface area (Å²) in [5, 5.41) is 0.630. The normalized spacial score (nSPS) is 18.4. The number of amides is 1. The van der Waals surface area contributed by atoms with Crippen molar-refractivity contribution in [2.75, 3.05) is 6.54 Å². The average Bonchev–Trinajstić information content (AvgIpc) is 3.28. The van der Waals surface area contributed by atoms with Gasteiger partial charge in [0.1, 0.15) is 6.04 Å². The summed E-state index contributed by atoms with van der Waals surface area (Å²) in [5.41, 5.74) is 2.94. The number of halogens is 1. The van der Waals surface area contributed by atoms with Crippen LogP contribution in [0.15, 0.2) is 46.3 Å². The van der Waals surface area contributed by atoms with Gasteiger partial charge in [-0.05, 0) is 56.5 Å². The van der Waals surface area contributed by atoms with E-state index in [1.54, 1.807) is 24.3 Å². The van der Waals surface area contributed by atoms with E-state index in [0.717, 1.165) is 21.3 Å². The number of rotatable bonds is 3. The van der Waals surface area contributed by atoms with E-state index in [4.69, 9.17) is 11.6 Å². The number of sulfonamides is 1. The molecule has 1 saturated heterocycles. The first-order valence-electron chi connectivity index (χ1n) is 9.61. The zero-order valence-electron chi connectivity index (χ0n) is 16.9. The molecule has 0 aliphatic carbocycles. The van der Waals surface area contributed by atoms with Crippen LogP contribution in [0.2, 0.25) is 5.02 Å². The molecule has 6 nitrogen and oxygen atoms in total. The predicted molar refractivity (Wildman–Crippen MR) is 119 cm³/mol. The first-order valence-corrected chi connectivity index (χ1v) is 12.2. The average molecular weight is 464 g/mol. The third kappa shape index (κ3) is 3.73. The molecular formula is C21H22ClN3O3S2. The van der Waals surface area contributed by atoms with Gasteiger partial charge in [0.15, 0.2) is 4.80 Å².